The molecule has 0 saturated heterocycles. The van der Waals surface area contributed by atoms with Crippen LogP contribution in [0.15, 0.2) is 0 Å². The van der Waals surface area contributed by atoms with E-state index >= 15 is 0 Å². The van der Waals surface area contributed by atoms with Crippen LogP contribution < -0.4 is 0 Å². The topological polar surface area (TPSA) is 20.3 Å². The van der Waals surface area contributed by atoms with Gasteiger partial charge in [-0.3, -0.25) is 4.79 Å². The van der Waals surface area contributed by atoms with Gasteiger partial charge in [-0.2, -0.15) is 0 Å². The van der Waals surface area contributed by atoms with E-state index in [-0.39, 0.29) is 5.91 Å². The Bertz CT molecular complexity index is 105. The summed E-state index contributed by atoms with van der Waals surface area (Å²) in [6.07, 6.45) is 0. The van der Waals surface area contributed by atoms with Crippen molar-refractivity contribution in [3.63, 3.8) is 0 Å². The molecule has 0 N–H and O–H groups in total. The van der Waals surface area contributed by atoms with Gasteiger partial charge in [0.25, 0.3) is 5.91 Å². The van der Waals surface area contributed by atoms with Crippen molar-refractivity contribution in [2.24, 2.45) is 0 Å². The fourth-order valence-corrected chi connectivity index (χ4v) is 0.610. The van der Waals surface area contributed by atoms with Crippen LogP contribution in [0.2, 0.25) is 0 Å². The van der Waals surface area contributed by atoms with Gasteiger partial charge >= 0.3 is 0 Å². The maximum Gasteiger partial charge on any atom is 0.255 e. The van der Waals surface area contributed by atoms with Gasteiger partial charge in [0, 0.05) is 13.6 Å². The van der Waals surface area contributed by atoms with Crippen LogP contribution in [0.5, 0.6) is 0 Å². The van der Waals surface area contributed by atoms with E-state index in [2.05, 4.69) is 6.92 Å². The zero-order valence-corrected chi connectivity index (χ0v) is 6.61. The summed E-state index contributed by atoms with van der Waals surface area (Å²) in [5, 5.41) is 0. The van der Waals surface area contributed by atoms with Gasteiger partial charge in [0.1, 0.15) is 0 Å². The van der Waals surface area contributed by atoms with Crippen LogP contribution in [0, 0.1) is 6.92 Å². The summed E-state index contributed by atoms with van der Waals surface area (Å²) < 4.78 is 0. The molecule has 2 nitrogen and oxygen atoms in total. The largest absolute Gasteiger partial charge is 0.343 e. The molecule has 0 aliphatic heterocycles. The SMILES string of the molecule is [CH2]CN(C)C(=O)C(Cl)Cl. The lowest BCUT2D eigenvalue weighted by Crippen LogP contribution is -2.30. The average molecular weight is 169 g/mol. The van der Waals surface area contributed by atoms with E-state index in [1.807, 2.05) is 0 Å². The van der Waals surface area contributed by atoms with Gasteiger partial charge in [0.2, 0.25) is 0 Å². The first kappa shape index (κ1) is 9.05. The van der Waals surface area contributed by atoms with E-state index in [0.29, 0.717) is 6.54 Å². The molecular formula is C5H8Cl2NO. The van der Waals surface area contributed by atoms with E-state index in [9.17, 15) is 4.79 Å². The van der Waals surface area contributed by atoms with Gasteiger partial charge in [0.05, 0.1) is 0 Å². The van der Waals surface area contributed by atoms with E-state index in [1.54, 1.807) is 7.05 Å². The molecule has 1 amide bonds. The maximum atomic E-state index is 10.7. The number of hydrogen-bond acceptors (Lipinski definition) is 1. The van der Waals surface area contributed by atoms with Gasteiger partial charge < -0.3 is 4.90 Å². The monoisotopic (exact) mass is 168 g/mol. The average Bonchev–Trinajstić information content (AvgIpc) is 1.84. The standard InChI is InChI=1S/C5H8Cl2NO/c1-3-8(2)5(9)4(6)7/h4H,1,3H2,2H3. The van der Waals surface area contributed by atoms with Crippen molar-refractivity contribution in [1.82, 2.24) is 4.90 Å². The third-order valence-electron chi connectivity index (χ3n) is 0.898. The first-order chi connectivity index (χ1) is 4.09. The summed E-state index contributed by atoms with van der Waals surface area (Å²) in [5.74, 6) is -0.312. The normalized spacial score (nSPS) is 9.89. The quantitative estimate of drug-likeness (QED) is 0.566. The van der Waals surface area contributed by atoms with Crippen LogP contribution in [-0.4, -0.2) is 29.2 Å². The molecule has 0 saturated carbocycles. The van der Waals surface area contributed by atoms with E-state index < -0.39 is 4.84 Å². The predicted octanol–water partition coefficient (Wildman–Crippen LogP) is 1.08. The summed E-state index contributed by atoms with van der Waals surface area (Å²) in [6, 6.07) is 0. The van der Waals surface area contributed by atoms with Gasteiger partial charge in [0.15, 0.2) is 4.84 Å². The molecule has 0 rings (SSSR count). The Labute approximate surface area is 64.7 Å². The Morgan fingerprint density at radius 1 is 1.78 bits per heavy atom. The van der Waals surface area contributed by atoms with Crippen molar-refractivity contribution < 1.29 is 4.79 Å². The van der Waals surface area contributed by atoms with Crippen LogP contribution in [0.3, 0.4) is 0 Å². The molecule has 4 heteroatoms. The lowest BCUT2D eigenvalue weighted by Gasteiger charge is -2.13. The molecule has 0 spiro atoms. The van der Waals surface area contributed by atoms with Gasteiger partial charge in [-0.05, 0) is 6.92 Å². The minimum atomic E-state index is -0.961. The molecule has 0 aromatic heterocycles. The lowest BCUT2D eigenvalue weighted by molar-refractivity contribution is -0.127. The minimum absolute atomic E-state index is 0.312. The molecule has 0 aliphatic rings. The van der Waals surface area contributed by atoms with Crippen LogP contribution >= 0.6 is 23.2 Å². The number of halogens is 2. The van der Waals surface area contributed by atoms with E-state index in [1.165, 1.54) is 4.90 Å². The highest BCUT2D eigenvalue weighted by Crippen LogP contribution is 2.04. The fourth-order valence-electron chi connectivity index (χ4n) is 0.277. The second-order valence-electron chi connectivity index (χ2n) is 1.56. The van der Waals surface area contributed by atoms with Gasteiger partial charge in [-0.1, -0.05) is 23.2 Å². The van der Waals surface area contributed by atoms with Crippen molar-refractivity contribution in [3.8, 4) is 0 Å². The number of amides is 1. The molecule has 0 unspecified atom stereocenters. The second kappa shape index (κ2) is 3.96. The molecule has 0 atom stereocenters. The lowest BCUT2D eigenvalue weighted by atomic mass is 10.5. The highest BCUT2D eigenvalue weighted by Gasteiger charge is 2.14. The summed E-state index contributed by atoms with van der Waals surface area (Å²) in [6.45, 7) is 3.86. The first-order valence-electron chi connectivity index (χ1n) is 2.42. The number of rotatable bonds is 2. The zero-order chi connectivity index (χ0) is 7.44. The molecule has 0 aliphatic carbocycles. The highest BCUT2D eigenvalue weighted by molar-refractivity contribution is 6.53. The van der Waals surface area contributed by atoms with Crippen LogP contribution in [-0.2, 0) is 4.79 Å². The summed E-state index contributed by atoms with van der Waals surface area (Å²) in [5.41, 5.74) is 0. The number of carbonyl (C=O) groups excluding carboxylic acids is 1. The van der Waals surface area contributed by atoms with Crippen LogP contribution in [0.1, 0.15) is 0 Å². The van der Waals surface area contributed by atoms with E-state index in [0.717, 1.165) is 0 Å². The van der Waals surface area contributed by atoms with Crippen LogP contribution in [0.4, 0.5) is 0 Å². The Morgan fingerprint density at radius 2 is 2.22 bits per heavy atom. The molecule has 9 heavy (non-hydrogen) atoms. The Balaban J connectivity index is 3.73. The molecule has 1 radical (unpaired) electrons. The predicted molar refractivity (Wildman–Crippen MR) is 38.5 cm³/mol. The van der Waals surface area contributed by atoms with Crippen molar-refractivity contribution in [2.75, 3.05) is 13.6 Å². The minimum Gasteiger partial charge on any atom is -0.343 e. The van der Waals surface area contributed by atoms with Crippen molar-refractivity contribution in [3.05, 3.63) is 6.92 Å². The number of hydrogen-bond donors (Lipinski definition) is 0. The highest BCUT2D eigenvalue weighted by atomic mass is 35.5. The molecule has 0 aromatic carbocycles. The molecule has 0 aromatic rings. The molecule has 0 heterocycles. The number of alkyl halides is 2. The number of nitrogens with zero attached hydrogens (tertiary/aromatic N) is 1. The summed E-state index contributed by atoms with van der Waals surface area (Å²) in [4.78, 5) is 11.1. The molecule has 0 bridgehead atoms. The van der Waals surface area contributed by atoms with Crippen molar-refractivity contribution >= 4 is 29.1 Å². The Kier molecular flexibility index (Phi) is 3.98. The Hall–Kier alpha value is 0.0500. The first-order valence-corrected chi connectivity index (χ1v) is 3.29. The summed E-state index contributed by atoms with van der Waals surface area (Å²) >= 11 is 10.5. The second-order valence-corrected chi connectivity index (χ2v) is 2.66. The Morgan fingerprint density at radius 3 is 2.33 bits per heavy atom. The number of carbonyl (C=O) groups is 1. The zero-order valence-electron chi connectivity index (χ0n) is 5.10. The molecule has 53 valence electrons. The third-order valence-corrected chi connectivity index (χ3v) is 1.27. The fraction of sp³-hybridized carbons (Fsp3) is 0.600. The molecule has 0 fully saturated rings. The third kappa shape index (κ3) is 2.92. The van der Waals surface area contributed by atoms with Gasteiger partial charge in [-0.15, -0.1) is 0 Å². The van der Waals surface area contributed by atoms with Gasteiger partial charge in [-0.25, -0.2) is 0 Å². The summed E-state index contributed by atoms with van der Waals surface area (Å²) in [7, 11) is 1.59. The molecular weight excluding hydrogens is 161 g/mol. The smallest absolute Gasteiger partial charge is 0.255 e. The van der Waals surface area contributed by atoms with Crippen LogP contribution in [0.25, 0.3) is 0 Å². The van der Waals surface area contributed by atoms with Crippen molar-refractivity contribution in [2.45, 2.75) is 4.84 Å². The van der Waals surface area contributed by atoms with E-state index in [4.69, 9.17) is 23.2 Å². The maximum absolute atomic E-state index is 10.7. The van der Waals surface area contributed by atoms with Crippen molar-refractivity contribution in [1.29, 1.82) is 0 Å².